The highest BCUT2D eigenvalue weighted by atomic mass is 16.6. The van der Waals surface area contributed by atoms with Gasteiger partial charge in [0.25, 0.3) is 35.0 Å². The molecule has 12 heterocycles. The number of aldehydes is 1. The highest BCUT2D eigenvalue weighted by Crippen LogP contribution is 2.36. The standard InChI is InChI=1S/C40H45N9O7.C22H26N6O4.C17H18N4O4/c1-25-23-46(35-19-27(9-10-41-35)37-32-21-30(49(54)55)4-3-28(32)22-42-37)24-26(2)47(25)16-18-56-17-15-44-11-13-45(14-12-44)29-5-6-31-33(20-29)40(53)48(39(31)52)34-7-8-36(50)43-38(34)51;1-15-13-26(14-16(2)27(15)7-9-32-10-8-29)21-11-17(5-6-23-21)22-19-12-18(28(30)31)3-4-20(19)24-25-22;22-14-4-3-13(15(23)19-14)21-16(24)11-2-1-10(9-12(11)17(21)25)20-7-5-18-6-8-20/h3-6,9-10,19-21,25-26,34H,7-8,11-18,22-24H2,1-2H3,(H,43,50,51);3-6,8,11-12,15-16H,7,9-10,13-14H2,1-2H3,(H,24,25);1-2,9,13,18H,3-8H2,(H,19,22,23)/t25-,26+,34?;15-,16+;. The van der Waals surface area contributed by atoms with Crippen LogP contribution in [0.2, 0.25) is 0 Å². The number of piperidine rings is 2. The molecule has 16 rings (SSSR count). The minimum Gasteiger partial charge on any atom is -0.379 e. The van der Waals surface area contributed by atoms with Gasteiger partial charge in [0.05, 0.1) is 69.7 Å². The van der Waals surface area contributed by atoms with Crippen LogP contribution in [0.4, 0.5) is 34.4 Å². The molecule has 0 bridgehead atoms. The number of piperazine rings is 4. The van der Waals surface area contributed by atoms with E-state index in [1.807, 2.05) is 36.4 Å². The minimum atomic E-state index is -0.978. The first kappa shape index (κ1) is 78.0. The number of amides is 8. The Morgan fingerprint density at radius 2 is 1.02 bits per heavy atom. The molecule has 7 aromatic rings. The number of anilines is 4. The van der Waals surface area contributed by atoms with E-state index in [2.05, 4.69) is 98.1 Å². The molecule has 34 heteroatoms. The average molecular weight is 1540 g/mol. The highest BCUT2D eigenvalue weighted by molar-refractivity contribution is 6.25. The van der Waals surface area contributed by atoms with E-state index >= 15 is 0 Å². The number of aliphatic imine (C=N–C) groups is 1. The van der Waals surface area contributed by atoms with Crippen LogP contribution in [0.25, 0.3) is 22.2 Å². The van der Waals surface area contributed by atoms with E-state index in [0.29, 0.717) is 54.1 Å². The second-order valence-corrected chi connectivity index (χ2v) is 29.6. The number of aromatic amines is 1. The topological polar surface area (TPSA) is 390 Å². The average Bonchev–Trinajstić information content (AvgIpc) is 1.61. The van der Waals surface area contributed by atoms with Gasteiger partial charge in [-0.3, -0.25) is 104 Å². The lowest BCUT2D eigenvalue weighted by Gasteiger charge is -2.45. The minimum absolute atomic E-state index is 0.0327. The van der Waals surface area contributed by atoms with Gasteiger partial charge in [0.2, 0.25) is 23.6 Å². The largest absolute Gasteiger partial charge is 0.379 e. The summed E-state index contributed by atoms with van der Waals surface area (Å²) in [5.41, 5.74) is 8.80. The number of hydrogen-bond donors (Lipinski definition) is 4. The lowest BCUT2D eigenvalue weighted by molar-refractivity contribution is -0.385. The van der Waals surface area contributed by atoms with E-state index in [1.54, 1.807) is 60.9 Å². The third-order valence-electron chi connectivity index (χ3n) is 22.4. The van der Waals surface area contributed by atoms with E-state index in [1.165, 1.54) is 12.1 Å². The molecule has 6 saturated heterocycles. The van der Waals surface area contributed by atoms with Gasteiger partial charge < -0.3 is 39.2 Å². The first-order valence-electron chi connectivity index (χ1n) is 38.2. The number of nitrogens with one attached hydrogen (secondary N) is 4. The fourth-order valence-corrected chi connectivity index (χ4v) is 16.5. The smallest absolute Gasteiger partial charge is 0.270 e. The fourth-order valence-electron chi connectivity index (χ4n) is 16.5. The Labute approximate surface area is 650 Å². The molecule has 0 radical (unpaired) electrons. The van der Waals surface area contributed by atoms with Crippen molar-refractivity contribution in [2.75, 3.05) is 144 Å². The molecule has 0 spiro atoms. The molecule has 8 amide bonds. The first-order valence-corrected chi connectivity index (χ1v) is 38.2. The molecule has 0 aliphatic carbocycles. The lowest BCUT2D eigenvalue weighted by atomic mass is 10.00. The number of H-pyrrole nitrogens is 1. The summed E-state index contributed by atoms with van der Waals surface area (Å²) in [4.78, 5) is 163. The molecule has 4 aromatic carbocycles. The molecule has 2 unspecified atom stereocenters. The van der Waals surface area contributed by atoms with Crippen LogP contribution in [0.5, 0.6) is 0 Å². The molecule has 9 aliphatic heterocycles. The molecule has 113 heavy (non-hydrogen) atoms. The van der Waals surface area contributed by atoms with E-state index in [9.17, 15) is 63.4 Å². The second kappa shape index (κ2) is 34.1. The van der Waals surface area contributed by atoms with Gasteiger partial charge in [-0.05, 0) is 119 Å². The fraction of sp³-hybridized carbons (Fsp3) is 0.430. The molecular weight excluding hydrogens is 1450 g/mol. The molecule has 6 atom stereocenters. The summed E-state index contributed by atoms with van der Waals surface area (Å²) in [5.74, 6) is -2.19. The number of hydrogen-bond acceptors (Lipinski definition) is 27. The number of carbonyl (C=O) groups is 9. The van der Waals surface area contributed by atoms with Crippen molar-refractivity contribution < 1.29 is 62.5 Å². The van der Waals surface area contributed by atoms with Crippen molar-refractivity contribution in [2.24, 2.45) is 4.99 Å². The van der Waals surface area contributed by atoms with Gasteiger partial charge in [-0.2, -0.15) is 5.10 Å². The van der Waals surface area contributed by atoms with Crippen molar-refractivity contribution in [1.82, 2.24) is 60.6 Å². The van der Waals surface area contributed by atoms with Crippen LogP contribution in [0, 0.1) is 20.2 Å². The van der Waals surface area contributed by atoms with Crippen molar-refractivity contribution in [3.8, 4) is 11.3 Å². The van der Waals surface area contributed by atoms with Gasteiger partial charge in [-0.15, -0.1) is 0 Å². The van der Waals surface area contributed by atoms with Crippen LogP contribution in [0.1, 0.15) is 112 Å². The molecule has 34 nitrogen and oxygen atoms in total. The summed E-state index contributed by atoms with van der Waals surface area (Å²) < 4.78 is 11.5. The van der Waals surface area contributed by atoms with Gasteiger partial charge in [0.1, 0.15) is 42.3 Å². The maximum Gasteiger partial charge on any atom is 0.270 e. The third-order valence-corrected chi connectivity index (χ3v) is 22.4. The van der Waals surface area contributed by atoms with Crippen LogP contribution in [0.3, 0.4) is 0 Å². The zero-order valence-electron chi connectivity index (χ0n) is 63.2. The predicted molar refractivity (Wildman–Crippen MR) is 416 cm³/mol. The summed E-state index contributed by atoms with van der Waals surface area (Å²) in [6, 6.07) is 27.1. The van der Waals surface area contributed by atoms with Gasteiger partial charge in [-0.1, -0.05) is 0 Å². The van der Waals surface area contributed by atoms with Crippen LogP contribution in [0.15, 0.2) is 114 Å². The zero-order valence-corrected chi connectivity index (χ0v) is 63.2. The number of nitro groups is 2. The van der Waals surface area contributed by atoms with Crippen LogP contribution in [-0.4, -0.2) is 275 Å². The normalized spacial score (nSPS) is 22.1. The number of benzene rings is 4. The molecule has 3 aromatic heterocycles. The number of pyridine rings is 2. The Hall–Kier alpha value is -11.7. The number of nitro benzene ring substituents is 2. The Balaban J connectivity index is 0.000000156. The van der Waals surface area contributed by atoms with Crippen LogP contribution < -0.4 is 35.6 Å². The number of ether oxygens (including phenoxy) is 2. The maximum atomic E-state index is 13.3. The zero-order chi connectivity index (χ0) is 79.3. The molecule has 0 saturated carbocycles. The quantitative estimate of drug-likeness (QED) is 0.0250. The van der Waals surface area contributed by atoms with Crippen molar-refractivity contribution in [2.45, 2.75) is 96.2 Å². The van der Waals surface area contributed by atoms with E-state index in [-0.39, 0.29) is 84.2 Å². The Morgan fingerprint density at radius 3 is 1.56 bits per heavy atom. The van der Waals surface area contributed by atoms with Gasteiger partial charge in [0, 0.05) is 205 Å². The van der Waals surface area contributed by atoms with Crippen molar-refractivity contribution in [3.05, 3.63) is 169 Å². The summed E-state index contributed by atoms with van der Waals surface area (Å²) >= 11 is 0. The molecule has 4 N–H and O–H groups in total. The Kier molecular flexibility index (Phi) is 23.5. The van der Waals surface area contributed by atoms with E-state index in [4.69, 9.17) is 14.5 Å². The van der Waals surface area contributed by atoms with Crippen molar-refractivity contribution in [3.63, 3.8) is 0 Å². The predicted octanol–water partition coefficient (Wildman–Crippen LogP) is 4.62. The summed E-state index contributed by atoms with van der Waals surface area (Å²) in [6.07, 6.45) is 4.81. The van der Waals surface area contributed by atoms with Gasteiger partial charge >= 0.3 is 0 Å². The Bertz CT molecular complexity index is 4900. The number of rotatable bonds is 21. The third kappa shape index (κ3) is 16.8. The molecule has 9 aliphatic rings. The van der Waals surface area contributed by atoms with Crippen LogP contribution in [-0.2, 0) is 40.0 Å². The number of aromatic nitrogens is 4. The number of carbonyl (C=O) groups excluding carboxylic acids is 9. The number of imide groups is 4. The van der Waals surface area contributed by atoms with Crippen LogP contribution >= 0.6 is 0 Å². The lowest BCUT2D eigenvalue weighted by Crippen LogP contribution is -2.57. The monoisotopic (exact) mass is 1540 g/mol. The van der Waals surface area contributed by atoms with E-state index < -0.39 is 58.4 Å². The van der Waals surface area contributed by atoms with Crippen molar-refractivity contribution in [1.29, 1.82) is 0 Å². The van der Waals surface area contributed by atoms with Gasteiger partial charge in [0.15, 0.2) is 0 Å². The maximum absolute atomic E-state index is 13.3. The molecule has 590 valence electrons. The summed E-state index contributed by atoms with van der Waals surface area (Å²) in [5, 5.41) is 38.4. The Morgan fingerprint density at radius 1 is 0.522 bits per heavy atom. The number of nitrogens with zero attached hydrogens (tertiary/aromatic N) is 15. The molecule has 6 fully saturated rings. The van der Waals surface area contributed by atoms with Crippen molar-refractivity contribution >= 4 is 105 Å². The van der Waals surface area contributed by atoms with E-state index in [0.717, 1.165) is 171 Å². The summed E-state index contributed by atoms with van der Waals surface area (Å²) in [7, 11) is 0. The highest BCUT2D eigenvalue weighted by Gasteiger charge is 2.47. The number of fused-ring (bicyclic) bond motifs is 4. The second-order valence-electron chi connectivity index (χ2n) is 29.6. The summed E-state index contributed by atoms with van der Waals surface area (Å²) in [6.45, 7) is 23.5. The van der Waals surface area contributed by atoms with Gasteiger partial charge in [-0.25, -0.2) is 9.97 Å². The number of non-ortho nitro benzene ring substituents is 2. The first-order chi connectivity index (χ1) is 54.6. The SMILES string of the molecule is C[C@@H]1CN(c2cc(-c3n[nH]c4ccc([N+](=O)[O-])cc34)ccn2)C[C@H](C)N1CCOCC=O.C[C@@H]1CN(c2cc(C3=NCc4ccc([N+](=O)[O-])cc43)ccn2)C[C@H](C)N1CCOCCN1CCN(c2ccc3c(c2)C(=O)N(C2CCC(=O)NC2=O)C3=O)CC1.O=C1CCC(N2C(=O)c3ccc(N4CCNCC4)cc3C2=O)C(=O)N1. The molecular formula is C79H89N19O15.